The highest BCUT2D eigenvalue weighted by Gasteiger charge is 2.31. The minimum absolute atomic E-state index is 0.0647. The molecule has 0 radical (unpaired) electrons. The lowest BCUT2D eigenvalue weighted by Crippen LogP contribution is -2.32. The van der Waals surface area contributed by atoms with E-state index >= 15 is 0 Å². The Hall–Kier alpha value is -2.54. The van der Waals surface area contributed by atoms with Crippen LogP contribution in [0.15, 0.2) is 42.6 Å². The molecule has 2 aromatic rings. The van der Waals surface area contributed by atoms with Gasteiger partial charge in [0.05, 0.1) is 20.9 Å². The highest BCUT2D eigenvalue weighted by molar-refractivity contribution is 8.15. The molecule has 26 heavy (non-hydrogen) atoms. The van der Waals surface area contributed by atoms with Crippen molar-refractivity contribution >= 4 is 22.9 Å². The largest absolute Gasteiger partial charge is 0.618 e. The number of rotatable bonds is 7. The van der Waals surface area contributed by atoms with Crippen LogP contribution in [0, 0.1) is 5.21 Å². The lowest BCUT2D eigenvalue weighted by atomic mass is 10.1. The number of aromatic nitrogens is 1. The average Bonchev–Trinajstić information content (AvgIpc) is 2.99. The van der Waals surface area contributed by atoms with Gasteiger partial charge in [-0.1, -0.05) is 30.8 Å². The molecule has 2 heterocycles. The van der Waals surface area contributed by atoms with Crippen LogP contribution in [0.1, 0.15) is 29.2 Å². The van der Waals surface area contributed by atoms with Crippen LogP contribution >= 0.6 is 11.8 Å². The van der Waals surface area contributed by atoms with Gasteiger partial charge in [0.15, 0.2) is 11.9 Å². The predicted octanol–water partition coefficient (Wildman–Crippen LogP) is 2.40. The second kappa shape index (κ2) is 8.23. The van der Waals surface area contributed by atoms with Crippen LogP contribution in [-0.2, 0) is 24.0 Å². The molecule has 1 aliphatic heterocycles. The summed E-state index contributed by atoms with van der Waals surface area (Å²) < 4.78 is 38.2. The van der Waals surface area contributed by atoms with E-state index in [4.69, 9.17) is 10.2 Å². The molecule has 136 valence electrons. The Balaban J connectivity index is 1.74. The van der Waals surface area contributed by atoms with E-state index in [1.807, 2.05) is 6.92 Å². The van der Waals surface area contributed by atoms with Gasteiger partial charge in [-0.25, -0.2) is 0 Å². The quantitative estimate of drug-likeness (QED) is 0.593. The van der Waals surface area contributed by atoms with Gasteiger partial charge >= 0.3 is 0 Å². The fourth-order valence-corrected chi connectivity index (χ4v) is 3.26. The maximum atomic E-state index is 12.2. The summed E-state index contributed by atoms with van der Waals surface area (Å²) in [5, 5.41) is 13.5. The summed E-state index contributed by atoms with van der Waals surface area (Å²) in [4.78, 5) is 22.9. The minimum atomic E-state index is -2.83. The fourth-order valence-electron chi connectivity index (χ4n) is 2.40. The van der Waals surface area contributed by atoms with Gasteiger partial charge in [-0.2, -0.15) is 4.73 Å². The van der Waals surface area contributed by atoms with Crippen LogP contribution in [0.25, 0.3) is 0 Å². The molecule has 0 bridgehead atoms. The molecule has 0 aliphatic carbocycles. The average molecular weight is 376 g/mol. The molecule has 1 aromatic carbocycles. The van der Waals surface area contributed by atoms with Gasteiger partial charge in [-0.15, -0.1) is 0 Å². The van der Waals surface area contributed by atoms with E-state index in [9.17, 15) is 14.8 Å². The molecule has 1 aromatic heterocycles. The molecule has 1 N–H and O–H groups in total. The van der Waals surface area contributed by atoms with E-state index in [0.29, 0.717) is 23.1 Å². The molecule has 6 nitrogen and oxygen atoms in total. The fraction of sp³-hybridized carbons (Fsp3) is 0.316. The lowest BCUT2D eigenvalue weighted by Gasteiger charge is -2.09. The minimum Gasteiger partial charge on any atom is -0.618 e. The number of ether oxygens (including phenoxy) is 1. The van der Waals surface area contributed by atoms with Crippen LogP contribution < -0.4 is 14.8 Å². The van der Waals surface area contributed by atoms with Crippen molar-refractivity contribution in [1.29, 1.82) is 0 Å². The zero-order valence-corrected chi connectivity index (χ0v) is 14.8. The van der Waals surface area contributed by atoms with E-state index in [2.05, 4.69) is 5.32 Å². The summed E-state index contributed by atoms with van der Waals surface area (Å²) in [7, 11) is 0. The van der Waals surface area contributed by atoms with Crippen molar-refractivity contribution in [2.24, 2.45) is 0 Å². The zero-order chi connectivity index (χ0) is 22.1. The maximum absolute atomic E-state index is 12.2. The number of thioether (sulfide) groups is 1. The highest BCUT2D eigenvalue weighted by Crippen LogP contribution is 2.23. The number of hydrogen-bond acceptors (Lipinski definition) is 5. The van der Waals surface area contributed by atoms with Crippen molar-refractivity contribution in [1.82, 2.24) is 5.32 Å². The van der Waals surface area contributed by atoms with E-state index in [1.165, 1.54) is 24.4 Å². The number of nitrogens with one attached hydrogen (secondary N) is 1. The van der Waals surface area contributed by atoms with Crippen LogP contribution in [-0.4, -0.2) is 23.0 Å². The summed E-state index contributed by atoms with van der Waals surface area (Å²) in [5.41, 5.74) is 1.05. The molecule has 2 amide bonds. The molecular formula is C19H20N2O4S. The first-order valence-electron chi connectivity index (χ1n) is 10.1. The molecule has 1 fully saturated rings. The Morgan fingerprint density at radius 3 is 2.58 bits per heavy atom. The topological polar surface area (TPSA) is 82.3 Å². The Morgan fingerprint density at radius 1 is 1.23 bits per heavy atom. The smallest absolute Gasteiger partial charge is 0.286 e. The Morgan fingerprint density at radius 2 is 1.96 bits per heavy atom. The number of carbonyl (C=O) groups excluding carboxylic acids is 2. The molecular weight excluding hydrogens is 352 g/mol. The standard InChI is InChI=1S/C19H20N2O4S/c1-2-13-3-6-15(21(24)12-13)9-10-25-16-7-4-14(5-8-16)11-17-18(22)20-19(23)26-17/h3-8,12,17H,2,9-11H2,1H3,(H,20,22,23)/i9D2,10D2. The molecule has 0 spiro atoms. The van der Waals surface area contributed by atoms with Crippen LogP contribution in [0.5, 0.6) is 5.75 Å². The van der Waals surface area contributed by atoms with Gasteiger partial charge in [0.2, 0.25) is 5.91 Å². The summed E-state index contributed by atoms with van der Waals surface area (Å²) in [6.07, 6.45) is -0.592. The normalized spacial score (nSPS) is 20.0. The first-order valence-corrected chi connectivity index (χ1v) is 8.93. The van der Waals surface area contributed by atoms with Crippen molar-refractivity contribution in [2.75, 3.05) is 6.56 Å². The second-order valence-electron chi connectivity index (χ2n) is 5.66. The number of pyridine rings is 1. The maximum Gasteiger partial charge on any atom is 0.286 e. The number of hydrogen-bond donors (Lipinski definition) is 1. The van der Waals surface area contributed by atoms with Crippen molar-refractivity contribution < 1.29 is 24.5 Å². The molecule has 1 atom stereocenters. The first kappa shape index (κ1) is 13.6. The molecule has 1 aliphatic rings. The number of nitrogens with zero attached hydrogens (tertiary/aromatic N) is 1. The van der Waals surface area contributed by atoms with Gasteiger partial charge in [0.1, 0.15) is 5.75 Å². The zero-order valence-electron chi connectivity index (χ0n) is 18.0. The third kappa shape index (κ3) is 4.54. The van der Waals surface area contributed by atoms with Crippen LogP contribution in [0.2, 0.25) is 0 Å². The number of benzene rings is 1. The van der Waals surface area contributed by atoms with Gasteiger partial charge in [-0.05, 0) is 36.6 Å². The van der Waals surface area contributed by atoms with Crippen molar-refractivity contribution in [3.8, 4) is 5.75 Å². The summed E-state index contributed by atoms with van der Waals surface area (Å²) in [6.45, 7) is -0.979. The summed E-state index contributed by atoms with van der Waals surface area (Å²) >= 11 is 0.915. The molecule has 3 rings (SSSR count). The van der Waals surface area contributed by atoms with Gasteiger partial charge < -0.3 is 9.94 Å². The third-order valence-electron chi connectivity index (χ3n) is 3.84. The number of amides is 2. The van der Waals surface area contributed by atoms with Gasteiger partial charge in [0.25, 0.3) is 5.24 Å². The van der Waals surface area contributed by atoms with E-state index in [1.54, 1.807) is 18.2 Å². The van der Waals surface area contributed by atoms with Crippen molar-refractivity contribution in [3.63, 3.8) is 0 Å². The highest BCUT2D eigenvalue weighted by atomic mass is 32.2. The number of aryl methyl sites for hydroxylation is 2. The van der Waals surface area contributed by atoms with E-state index in [0.717, 1.165) is 17.3 Å². The van der Waals surface area contributed by atoms with Crippen molar-refractivity contribution in [3.05, 3.63) is 64.6 Å². The predicted molar refractivity (Wildman–Crippen MR) is 99.0 cm³/mol. The Labute approximate surface area is 161 Å². The summed E-state index contributed by atoms with van der Waals surface area (Å²) in [5.74, 6) is -0.287. The van der Waals surface area contributed by atoms with Crippen LogP contribution in [0.4, 0.5) is 4.79 Å². The second-order valence-corrected chi connectivity index (χ2v) is 6.84. The molecule has 0 saturated carbocycles. The van der Waals surface area contributed by atoms with Gasteiger partial charge in [-0.3, -0.25) is 14.9 Å². The van der Waals surface area contributed by atoms with Crippen molar-refractivity contribution in [2.45, 2.75) is 31.4 Å². The first-order chi connectivity index (χ1) is 14.0. The Kier molecular flexibility index (Phi) is 4.31. The third-order valence-corrected chi connectivity index (χ3v) is 4.82. The number of imide groups is 1. The lowest BCUT2D eigenvalue weighted by molar-refractivity contribution is -0.614. The molecule has 1 saturated heterocycles. The van der Waals surface area contributed by atoms with E-state index in [-0.39, 0.29) is 16.9 Å². The molecule has 1 unspecified atom stereocenters. The van der Waals surface area contributed by atoms with Gasteiger partial charge in [0, 0.05) is 14.4 Å². The molecule has 7 heteroatoms. The SMILES string of the molecule is [2H]C([2H])(Oc1ccc(CC2SC(=O)NC2=O)cc1)C([2H])([2H])c1ccc(CC)c[n+]1[O-]. The number of carbonyl (C=O) groups is 2. The van der Waals surface area contributed by atoms with Crippen LogP contribution in [0.3, 0.4) is 0 Å². The van der Waals surface area contributed by atoms with E-state index < -0.39 is 23.9 Å². The Bertz CT molecular complexity index is 970. The monoisotopic (exact) mass is 376 g/mol. The summed E-state index contributed by atoms with van der Waals surface area (Å²) in [6, 6.07) is 8.97.